The highest BCUT2D eigenvalue weighted by Crippen LogP contribution is 2.33. The maximum Gasteiger partial charge on any atom is 0.346 e. The van der Waals surface area contributed by atoms with Gasteiger partial charge in [0.25, 0.3) is 0 Å². The van der Waals surface area contributed by atoms with Crippen LogP contribution in [0.2, 0.25) is 0 Å². The molecule has 3 rings (SSSR count). The van der Waals surface area contributed by atoms with Crippen molar-refractivity contribution in [2.75, 3.05) is 0 Å². The van der Waals surface area contributed by atoms with Gasteiger partial charge in [-0.3, -0.25) is 4.98 Å². The normalized spacial score (nSPS) is 11.0. The molecule has 0 amide bonds. The summed E-state index contributed by atoms with van der Waals surface area (Å²) in [6.07, 6.45) is 4.35. The number of carbonyl (C=O) groups is 1. The van der Waals surface area contributed by atoms with Gasteiger partial charge in [-0.2, -0.15) is 0 Å². The third kappa shape index (κ3) is 2.54. The summed E-state index contributed by atoms with van der Waals surface area (Å²) in [5.74, 6) is -0.866. The van der Waals surface area contributed by atoms with Gasteiger partial charge in [-0.15, -0.1) is 11.3 Å². The molecule has 4 heteroatoms. The first kappa shape index (κ1) is 13.8. The van der Waals surface area contributed by atoms with Gasteiger partial charge in [-0.05, 0) is 37.0 Å². The molecule has 0 fully saturated rings. The molecule has 0 saturated carbocycles. The lowest BCUT2D eigenvalue weighted by molar-refractivity contribution is 0.0701. The molecular formula is C17H15NO2S. The monoisotopic (exact) mass is 297 g/mol. The third-order valence-electron chi connectivity index (χ3n) is 3.63. The van der Waals surface area contributed by atoms with Crippen molar-refractivity contribution < 1.29 is 9.90 Å². The van der Waals surface area contributed by atoms with E-state index < -0.39 is 5.97 Å². The van der Waals surface area contributed by atoms with Crippen LogP contribution < -0.4 is 0 Å². The second-order valence-corrected chi connectivity index (χ2v) is 6.25. The van der Waals surface area contributed by atoms with E-state index >= 15 is 0 Å². The van der Waals surface area contributed by atoms with Crippen molar-refractivity contribution in [1.82, 2.24) is 4.98 Å². The van der Waals surface area contributed by atoms with Crippen molar-refractivity contribution in [2.24, 2.45) is 0 Å². The zero-order valence-corrected chi connectivity index (χ0v) is 12.7. The van der Waals surface area contributed by atoms with Gasteiger partial charge < -0.3 is 5.11 Å². The van der Waals surface area contributed by atoms with E-state index in [4.69, 9.17) is 0 Å². The molecule has 0 aliphatic heterocycles. The molecule has 106 valence electrons. The topological polar surface area (TPSA) is 50.2 Å². The zero-order valence-electron chi connectivity index (χ0n) is 11.9. The number of rotatable bonds is 3. The minimum Gasteiger partial charge on any atom is -0.477 e. The van der Waals surface area contributed by atoms with Gasteiger partial charge in [0.2, 0.25) is 0 Å². The van der Waals surface area contributed by atoms with Crippen LogP contribution in [0, 0.1) is 13.8 Å². The van der Waals surface area contributed by atoms with Crippen molar-refractivity contribution in [1.29, 1.82) is 0 Å². The summed E-state index contributed by atoms with van der Waals surface area (Å²) in [5.41, 5.74) is 4.36. The van der Waals surface area contributed by atoms with Crippen molar-refractivity contribution in [3.63, 3.8) is 0 Å². The Kier molecular flexibility index (Phi) is 3.47. The highest BCUT2D eigenvalue weighted by atomic mass is 32.1. The maximum atomic E-state index is 11.3. The fraction of sp³-hybridized carbons (Fsp3) is 0.176. The van der Waals surface area contributed by atoms with Crippen molar-refractivity contribution in [3.8, 4) is 0 Å². The van der Waals surface area contributed by atoms with E-state index in [-0.39, 0.29) is 0 Å². The number of carboxylic acid groups (broad SMARTS) is 1. The van der Waals surface area contributed by atoms with Crippen LogP contribution in [0.15, 0.2) is 36.7 Å². The van der Waals surface area contributed by atoms with Gasteiger partial charge in [0.15, 0.2) is 0 Å². The number of aromatic carboxylic acids is 1. The summed E-state index contributed by atoms with van der Waals surface area (Å²) in [6.45, 7) is 3.94. The highest BCUT2D eigenvalue weighted by molar-refractivity contribution is 7.21. The fourth-order valence-electron chi connectivity index (χ4n) is 2.55. The van der Waals surface area contributed by atoms with Crippen LogP contribution in [0.25, 0.3) is 10.1 Å². The standard InChI is InChI=1S/C17H15NO2S/c1-10-3-5-12(6-4-10)7-13-8-18-9-14-15(13)11(2)16(21-14)17(19)20/h3-6,8-9H,7H2,1-2H3,(H,19,20). The lowest BCUT2D eigenvalue weighted by atomic mass is 10.0. The Labute approximate surface area is 126 Å². The van der Waals surface area contributed by atoms with Crippen LogP contribution in [-0.4, -0.2) is 16.1 Å². The molecule has 3 nitrogen and oxygen atoms in total. The van der Waals surface area contributed by atoms with Crippen LogP contribution in [0.5, 0.6) is 0 Å². The van der Waals surface area contributed by atoms with Crippen molar-refractivity contribution in [2.45, 2.75) is 20.3 Å². The smallest absolute Gasteiger partial charge is 0.346 e. The number of nitrogens with zero attached hydrogens (tertiary/aromatic N) is 1. The number of hydrogen-bond donors (Lipinski definition) is 1. The first-order valence-corrected chi connectivity index (χ1v) is 7.52. The summed E-state index contributed by atoms with van der Waals surface area (Å²) in [4.78, 5) is 16.0. The summed E-state index contributed by atoms with van der Waals surface area (Å²) < 4.78 is 0.939. The van der Waals surface area contributed by atoms with Gasteiger partial charge >= 0.3 is 5.97 Å². The van der Waals surface area contributed by atoms with Crippen LogP contribution in [0.4, 0.5) is 0 Å². The number of carboxylic acids is 1. The van der Waals surface area contributed by atoms with Gasteiger partial charge in [-0.1, -0.05) is 29.8 Å². The molecule has 0 saturated heterocycles. The quantitative estimate of drug-likeness (QED) is 0.788. The molecule has 0 radical (unpaired) electrons. The summed E-state index contributed by atoms with van der Waals surface area (Å²) in [7, 11) is 0. The average Bonchev–Trinajstić information content (AvgIpc) is 2.80. The second kappa shape index (κ2) is 5.30. The maximum absolute atomic E-state index is 11.3. The molecule has 0 aliphatic carbocycles. The molecule has 1 aromatic carbocycles. The molecule has 21 heavy (non-hydrogen) atoms. The molecular weight excluding hydrogens is 282 g/mol. The lowest BCUT2D eigenvalue weighted by Crippen LogP contribution is -1.95. The van der Waals surface area contributed by atoms with E-state index in [2.05, 4.69) is 36.2 Å². The Balaban J connectivity index is 2.10. The number of fused-ring (bicyclic) bond motifs is 1. The van der Waals surface area contributed by atoms with E-state index in [9.17, 15) is 9.90 Å². The molecule has 2 heterocycles. The molecule has 1 N–H and O–H groups in total. The van der Waals surface area contributed by atoms with E-state index in [0.29, 0.717) is 4.88 Å². The fourth-order valence-corrected chi connectivity index (χ4v) is 3.61. The van der Waals surface area contributed by atoms with E-state index in [1.165, 1.54) is 22.5 Å². The Hall–Kier alpha value is -2.20. The van der Waals surface area contributed by atoms with E-state index in [1.807, 2.05) is 13.1 Å². The first-order chi connectivity index (χ1) is 10.1. The van der Waals surface area contributed by atoms with E-state index in [1.54, 1.807) is 6.20 Å². The molecule has 0 aliphatic rings. The Bertz CT molecular complexity index is 819. The minimum atomic E-state index is -0.866. The Morgan fingerprint density at radius 1 is 1.19 bits per heavy atom. The predicted octanol–water partition coefficient (Wildman–Crippen LogP) is 4.20. The van der Waals surface area contributed by atoms with Crippen LogP contribution in [-0.2, 0) is 6.42 Å². The Morgan fingerprint density at radius 2 is 1.90 bits per heavy atom. The molecule has 3 aromatic rings. The minimum absolute atomic E-state index is 0.406. The third-order valence-corrected chi connectivity index (χ3v) is 4.84. The predicted molar refractivity (Wildman–Crippen MR) is 85.3 cm³/mol. The number of hydrogen-bond acceptors (Lipinski definition) is 3. The number of thiophene rings is 1. The molecule has 0 bridgehead atoms. The lowest BCUT2D eigenvalue weighted by Gasteiger charge is -2.05. The number of benzene rings is 1. The number of aryl methyl sites for hydroxylation is 2. The zero-order chi connectivity index (χ0) is 15.0. The SMILES string of the molecule is Cc1ccc(Cc2cncc3sc(C(=O)O)c(C)c23)cc1. The van der Waals surface area contributed by atoms with Gasteiger partial charge in [0.1, 0.15) is 4.88 Å². The Morgan fingerprint density at radius 3 is 2.57 bits per heavy atom. The second-order valence-electron chi connectivity index (χ2n) is 5.20. The number of pyridine rings is 1. The summed E-state index contributed by atoms with van der Waals surface area (Å²) >= 11 is 1.30. The first-order valence-electron chi connectivity index (χ1n) is 6.71. The molecule has 2 aromatic heterocycles. The van der Waals surface area contributed by atoms with Crippen molar-refractivity contribution >= 4 is 27.4 Å². The van der Waals surface area contributed by atoms with Gasteiger partial charge in [-0.25, -0.2) is 4.79 Å². The summed E-state index contributed by atoms with van der Waals surface area (Å²) in [5, 5.41) is 10.3. The highest BCUT2D eigenvalue weighted by Gasteiger charge is 2.17. The van der Waals surface area contributed by atoms with Gasteiger partial charge in [0, 0.05) is 17.8 Å². The van der Waals surface area contributed by atoms with Crippen molar-refractivity contribution in [3.05, 3.63) is 63.8 Å². The largest absolute Gasteiger partial charge is 0.477 e. The average molecular weight is 297 g/mol. The molecule has 0 unspecified atom stereocenters. The van der Waals surface area contributed by atoms with Crippen LogP contribution in [0.1, 0.15) is 31.9 Å². The van der Waals surface area contributed by atoms with Crippen LogP contribution in [0.3, 0.4) is 0 Å². The molecule has 0 atom stereocenters. The van der Waals surface area contributed by atoms with Crippen LogP contribution >= 0.6 is 11.3 Å². The summed E-state index contributed by atoms with van der Waals surface area (Å²) in [6, 6.07) is 8.39. The molecule has 0 spiro atoms. The number of aromatic nitrogens is 1. The van der Waals surface area contributed by atoms with E-state index in [0.717, 1.165) is 27.6 Å². The van der Waals surface area contributed by atoms with Gasteiger partial charge in [0.05, 0.1) is 4.70 Å².